The average molecular weight is 492 g/mol. The van der Waals surface area contributed by atoms with Crippen molar-refractivity contribution >= 4 is 11.6 Å². The van der Waals surface area contributed by atoms with E-state index in [0.29, 0.717) is 6.54 Å². The molecule has 37 heavy (non-hydrogen) atoms. The number of nitrogens with zero attached hydrogens (tertiary/aromatic N) is 3. The Hall–Kier alpha value is -4.06. The fourth-order valence-electron chi connectivity index (χ4n) is 5.70. The molecule has 2 fully saturated rings. The highest BCUT2D eigenvalue weighted by Crippen LogP contribution is 2.58. The van der Waals surface area contributed by atoms with Crippen molar-refractivity contribution in [1.82, 2.24) is 9.78 Å². The molecule has 4 aromatic rings. The quantitative estimate of drug-likeness (QED) is 0.315. The van der Waals surface area contributed by atoms with E-state index in [1.165, 1.54) is 0 Å². The van der Waals surface area contributed by atoms with Gasteiger partial charge in [-0.2, -0.15) is 5.10 Å². The van der Waals surface area contributed by atoms with Gasteiger partial charge in [-0.25, -0.2) is 4.68 Å². The number of anilines is 1. The molecule has 0 saturated heterocycles. The number of hydrogen-bond acceptors (Lipinski definition) is 4. The van der Waals surface area contributed by atoms with Crippen molar-refractivity contribution in [2.24, 2.45) is 0 Å². The van der Waals surface area contributed by atoms with Gasteiger partial charge in [-0.1, -0.05) is 36.8 Å². The molecule has 0 radical (unpaired) electrons. The van der Waals surface area contributed by atoms with E-state index < -0.39 is 5.41 Å². The minimum absolute atomic E-state index is 0.193. The average Bonchev–Trinajstić information content (AvgIpc) is 3.51. The zero-order chi connectivity index (χ0) is 25.0. The van der Waals surface area contributed by atoms with Gasteiger partial charge in [-0.15, -0.1) is 0 Å². The van der Waals surface area contributed by atoms with E-state index in [1.54, 1.807) is 7.11 Å². The van der Waals surface area contributed by atoms with Crippen LogP contribution in [0.1, 0.15) is 43.2 Å². The van der Waals surface area contributed by atoms with Gasteiger partial charge in [-0.05, 0) is 79.3 Å². The van der Waals surface area contributed by atoms with Crippen LogP contribution in [0.15, 0.2) is 79.0 Å². The van der Waals surface area contributed by atoms with Gasteiger partial charge in [0.2, 0.25) is 5.91 Å². The van der Waals surface area contributed by atoms with E-state index in [9.17, 15) is 4.79 Å². The summed E-state index contributed by atoms with van der Waals surface area (Å²) in [5.74, 6) is 1.81. The van der Waals surface area contributed by atoms with Crippen molar-refractivity contribution < 1.29 is 14.3 Å². The molecular formula is C31H29N3O3. The summed E-state index contributed by atoms with van der Waals surface area (Å²) in [6, 6.07) is 24.5. The number of rotatable bonds is 7. The van der Waals surface area contributed by atoms with Crippen LogP contribution in [0, 0.1) is 0 Å². The Morgan fingerprint density at radius 3 is 2.46 bits per heavy atom. The summed E-state index contributed by atoms with van der Waals surface area (Å²) in [6.45, 7) is 0.514. The molecule has 1 aliphatic heterocycles. The number of aromatic nitrogens is 2. The summed E-state index contributed by atoms with van der Waals surface area (Å²) in [7, 11) is 1.67. The molecule has 0 N–H and O–H groups in total. The lowest BCUT2D eigenvalue weighted by atomic mass is 9.65. The Kier molecular flexibility index (Phi) is 5.10. The first-order chi connectivity index (χ1) is 18.2. The lowest BCUT2D eigenvalue weighted by Gasteiger charge is -2.37. The van der Waals surface area contributed by atoms with E-state index in [4.69, 9.17) is 9.47 Å². The highest BCUT2D eigenvalue weighted by molar-refractivity contribution is 6.10. The number of carbonyl (C=O) groups is 1. The van der Waals surface area contributed by atoms with E-state index in [0.717, 1.165) is 77.4 Å². The van der Waals surface area contributed by atoms with Crippen LogP contribution < -0.4 is 14.4 Å². The molecule has 1 aromatic heterocycles. The number of hydrogen-bond donors (Lipinski definition) is 0. The van der Waals surface area contributed by atoms with E-state index >= 15 is 0 Å². The molecule has 3 aliphatic rings. The van der Waals surface area contributed by atoms with Crippen LogP contribution >= 0.6 is 0 Å². The molecule has 2 heterocycles. The molecule has 6 heteroatoms. The minimum Gasteiger partial charge on any atom is -0.497 e. The van der Waals surface area contributed by atoms with Crippen molar-refractivity contribution in [3.8, 4) is 28.4 Å². The maximum absolute atomic E-state index is 14.1. The highest BCUT2D eigenvalue weighted by atomic mass is 16.5. The number of benzene rings is 3. The molecule has 1 amide bonds. The van der Waals surface area contributed by atoms with Gasteiger partial charge in [-0.3, -0.25) is 4.79 Å². The third kappa shape index (κ3) is 3.62. The van der Waals surface area contributed by atoms with Gasteiger partial charge >= 0.3 is 0 Å². The minimum atomic E-state index is -0.461. The first-order valence-corrected chi connectivity index (χ1v) is 13.1. The third-order valence-corrected chi connectivity index (χ3v) is 7.98. The van der Waals surface area contributed by atoms with Crippen molar-refractivity contribution in [2.45, 2.75) is 50.2 Å². The summed E-state index contributed by atoms with van der Waals surface area (Å²) in [5.41, 5.74) is 5.68. The number of fused-ring (bicyclic) bond motifs is 2. The Morgan fingerprint density at radius 1 is 1.00 bits per heavy atom. The van der Waals surface area contributed by atoms with Crippen LogP contribution in [-0.2, 0) is 16.8 Å². The Labute approximate surface area is 216 Å². The third-order valence-electron chi connectivity index (χ3n) is 7.98. The molecule has 2 saturated carbocycles. The topological polar surface area (TPSA) is 56.6 Å². The standard InChI is InChI=1S/C31H29N3O3/c1-36-24-10-8-21(9-11-24)20-33-29-26(31(30(33)35)15-5-16-31)18-22(19-28(29)37-25-12-13-25)27-14-17-32-34(27)23-6-3-2-4-7-23/h2-4,6-11,14,17-19,25H,5,12-13,15-16,20H2,1H3. The molecule has 3 aromatic carbocycles. The van der Waals surface area contributed by atoms with Crippen LogP contribution in [0.4, 0.5) is 5.69 Å². The van der Waals surface area contributed by atoms with E-state index in [2.05, 4.69) is 29.4 Å². The molecule has 0 bridgehead atoms. The summed E-state index contributed by atoms with van der Waals surface area (Å²) < 4.78 is 13.8. The summed E-state index contributed by atoms with van der Waals surface area (Å²) in [4.78, 5) is 16.0. The van der Waals surface area contributed by atoms with Crippen molar-refractivity contribution in [2.75, 3.05) is 12.0 Å². The largest absolute Gasteiger partial charge is 0.497 e. The van der Waals surface area contributed by atoms with Crippen LogP contribution in [-0.4, -0.2) is 28.9 Å². The molecule has 6 nitrogen and oxygen atoms in total. The fourth-order valence-corrected chi connectivity index (χ4v) is 5.70. The van der Waals surface area contributed by atoms with Gasteiger partial charge in [0.25, 0.3) is 0 Å². The number of ether oxygens (including phenoxy) is 2. The summed E-state index contributed by atoms with van der Waals surface area (Å²) in [5, 5.41) is 4.62. The number of carbonyl (C=O) groups excluding carboxylic acids is 1. The van der Waals surface area contributed by atoms with Gasteiger partial charge in [0.1, 0.15) is 11.5 Å². The maximum atomic E-state index is 14.1. The lowest BCUT2D eigenvalue weighted by molar-refractivity contribution is -0.126. The molecule has 186 valence electrons. The van der Waals surface area contributed by atoms with E-state index in [1.807, 2.05) is 64.3 Å². The zero-order valence-electron chi connectivity index (χ0n) is 20.9. The van der Waals surface area contributed by atoms with Crippen molar-refractivity contribution in [1.29, 1.82) is 0 Å². The lowest BCUT2D eigenvalue weighted by Crippen LogP contribution is -2.44. The second-order valence-corrected chi connectivity index (χ2v) is 10.3. The Morgan fingerprint density at radius 2 is 1.78 bits per heavy atom. The van der Waals surface area contributed by atoms with Crippen molar-refractivity contribution in [3.05, 3.63) is 90.1 Å². The monoisotopic (exact) mass is 491 g/mol. The van der Waals surface area contributed by atoms with Gasteiger partial charge in [0.05, 0.1) is 48.4 Å². The molecule has 1 spiro atoms. The number of para-hydroxylation sites is 1. The zero-order valence-corrected chi connectivity index (χ0v) is 20.9. The Balaban J connectivity index is 1.36. The smallest absolute Gasteiger partial charge is 0.238 e. The van der Waals surface area contributed by atoms with Gasteiger partial charge in [0, 0.05) is 5.56 Å². The molecular weight excluding hydrogens is 462 g/mol. The van der Waals surface area contributed by atoms with Gasteiger partial charge < -0.3 is 14.4 Å². The van der Waals surface area contributed by atoms with Crippen LogP contribution in [0.3, 0.4) is 0 Å². The first kappa shape index (κ1) is 22.2. The molecule has 2 aliphatic carbocycles. The number of methoxy groups -OCH3 is 1. The second-order valence-electron chi connectivity index (χ2n) is 10.3. The normalized spacial score (nSPS) is 17.5. The highest BCUT2D eigenvalue weighted by Gasteiger charge is 2.55. The van der Waals surface area contributed by atoms with E-state index in [-0.39, 0.29) is 12.0 Å². The van der Waals surface area contributed by atoms with Crippen molar-refractivity contribution in [3.63, 3.8) is 0 Å². The molecule has 0 atom stereocenters. The van der Waals surface area contributed by atoms with Gasteiger partial charge in [0.15, 0.2) is 0 Å². The summed E-state index contributed by atoms with van der Waals surface area (Å²) in [6.07, 6.45) is 6.97. The predicted molar refractivity (Wildman–Crippen MR) is 142 cm³/mol. The summed E-state index contributed by atoms with van der Waals surface area (Å²) >= 11 is 0. The number of amides is 1. The second kappa shape index (κ2) is 8.51. The maximum Gasteiger partial charge on any atom is 0.238 e. The van der Waals surface area contributed by atoms with Crippen LogP contribution in [0.25, 0.3) is 16.9 Å². The molecule has 0 unspecified atom stereocenters. The first-order valence-electron chi connectivity index (χ1n) is 13.1. The van der Waals surface area contributed by atoms with Crippen LogP contribution in [0.5, 0.6) is 11.5 Å². The predicted octanol–water partition coefficient (Wildman–Crippen LogP) is 6.06. The molecule has 7 rings (SSSR count). The SMILES string of the molecule is COc1ccc(CN2C(=O)C3(CCC3)c3cc(-c4ccnn4-c4ccccc4)cc(OC4CC4)c32)cc1. The fraction of sp³-hybridized carbons (Fsp3) is 0.290. The van der Waals surface area contributed by atoms with Crippen LogP contribution in [0.2, 0.25) is 0 Å². The Bertz CT molecular complexity index is 1470.